The van der Waals surface area contributed by atoms with E-state index in [1.807, 2.05) is 0 Å². The molecule has 0 bridgehead atoms. The third-order valence-electron chi connectivity index (χ3n) is 2.93. The maximum atomic E-state index is 14.0. The highest BCUT2D eigenvalue weighted by Crippen LogP contribution is 2.33. The molecule has 1 atom stereocenters. The number of benzene rings is 2. The highest BCUT2D eigenvalue weighted by atomic mass is 79.9. The van der Waals surface area contributed by atoms with Crippen LogP contribution < -0.4 is 5.32 Å². The van der Waals surface area contributed by atoms with Crippen LogP contribution in [-0.4, -0.2) is 7.05 Å². The molecule has 0 amide bonds. The van der Waals surface area contributed by atoms with Crippen molar-refractivity contribution in [2.24, 2.45) is 0 Å². The predicted molar refractivity (Wildman–Crippen MR) is 76.4 cm³/mol. The summed E-state index contributed by atoms with van der Waals surface area (Å²) in [4.78, 5) is 0. The largest absolute Gasteiger partial charge is 0.309 e. The van der Waals surface area contributed by atoms with Gasteiger partial charge in [0, 0.05) is 15.6 Å². The number of nitrogens with one attached hydrogen (secondary N) is 1. The van der Waals surface area contributed by atoms with Crippen LogP contribution >= 0.6 is 27.5 Å². The second-order valence-electron chi connectivity index (χ2n) is 4.14. The van der Waals surface area contributed by atoms with Crippen molar-refractivity contribution in [3.05, 3.63) is 68.4 Å². The molecule has 0 aliphatic heterocycles. The van der Waals surface area contributed by atoms with Gasteiger partial charge in [-0.05, 0) is 47.2 Å². The van der Waals surface area contributed by atoms with Gasteiger partial charge in [0.2, 0.25) is 0 Å². The zero-order valence-electron chi connectivity index (χ0n) is 10.4. The first-order valence-corrected chi connectivity index (χ1v) is 6.88. The lowest BCUT2D eigenvalue weighted by Gasteiger charge is -2.19. The molecule has 0 spiro atoms. The molecule has 0 radical (unpaired) electrons. The Hall–Kier alpha value is -1.04. The second-order valence-corrected chi connectivity index (χ2v) is 5.41. The van der Waals surface area contributed by atoms with Gasteiger partial charge in [0.25, 0.3) is 0 Å². The molecule has 20 heavy (non-hydrogen) atoms. The number of hydrogen-bond acceptors (Lipinski definition) is 1. The first-order valence-electron chi connectivity index (χ1n) is 5.71. The average Bonchev–Trinajstić information content (AvgIpc) is 2.39. The first-order chi connectivity index (χ1) is 9.45. The summed E-state index contributed by atoms with van der Waals surface area (Å²) >= 11 is 9.02. The standard InChI is InChI=1S/C14H10BrClF3N/c1-20-14(13-10(17)3-2-4-11(13)18)7-5-9(16)8(15)6-12(7)19/h2-6,14,20H,1H3. The summed E-state index contributed by atoms with van der Waals surface area (Å²) in [6.45, 7) is 0. The Bertz CT molecular complexity index is 628. The minimum atomic E-state index is -0.971. The minimum Gasteiger partial charge on any atom is -0.309 e. The topological polar surface area (TPSA) is 12.0 Å². The van der Waals surface area contributed by atoms with Crippen molar-refractivity contribution in [1.29, 1.82) is 0 Å². The van der Waals surface area contributed by atoms with E-state index in [4.69, 9.17) is 11.6 Å². The van der Waals surface area contributed by atoms with Gasteiger partial charge in [0.15, 0.2) is 0 Å². The van der Waals surface area contributed by atoms with Crippen LogP contribution in [0.15, 0.2) is 34.8 Å². The van der Waals surface area contributed by atoms with Gasteiger partial charge in [0.1, 0.15) is 17.5 Å². The summed E-state index contributed by atoms with van der Waals surface area (Å²) < 4.78 is 42.1. The summed E-state index contributed by atoms with van der Waals surface area (Å²) in [5, 5.41) is 2.97. The molecule has 6 heteroatoms. The van der Waals surface area contributed by atoms with Crippen LogP contribution in [0.1, 0.15) is 17.2 Å². The Labute approximate surface area is 127 Å². The van der Waals surface area contributed by atoms with E-state index in [2.05, 4.69) is 21.2 Å². The molecule has 0 saturated carbocycles. The average molecular weight is 365 g/mol. The van der Waals surface area contributed by atoms with Crippen molar-refractivity contribution < 1.29 is 13.2 Å². The Morgan fingerprint density at radius 1 is 1.10 bits per heavy atom. The van der Waals surface area contributed by atoms with Crippen LogP contribution in [0.25, 0.3) is 0 Å². The maximum Gasteiger partial charge on any atom is 0.131 e. The van der Waals surface area contributed by atoms with E-state index in [0.717, 1.165) is 12.1 Å². The molecule has 1 N–H and O–H groups in total. The van der Waals surface area contributed by atoms with Crippen LogP contribution in [0.4, 0.5) is 13.2 Å². The Morgan fingerprint density at radius 2 is 1.70 bits per heavy atom. The van der Waals surface area contributed by atoms with E-state index in [0.29, 0.717) is 4.47 Å². The molecule has 0 aliphatic rings. The van der Waals surface area contributed by atoms with Crippen molar-refractivity contribution in [3.63, 3.8) is 0 Å². The first kappa shape index (κ1) is 15.4. The number of halogens is 5. The van der Waals surface area contributed by atoms with E-state index >= 15 is 0 Å². The Kier molecular flexibility index (Phi) is 4.73. The Balaban J connectivity index is 2.62. The van der Waals surface area contributed by atoms with Crippen molar-refractivity contribution in [3.8, 4) is 0 Å². The van der Waals surface area contributed by atoms with Gasteiger partial charge in [-0.15, -0.1) is 0 Å². The van der Waals surface area contributed by atoms with Gasteiger partial charge in [0.05, 0.1) is 11.1 Å². The molecule has 106 valence electrons. The number of hydrogen-bond donors (Lipinski definition) is 1. The molecule has 2 aromatic carbocycles. The van der Waals surface area contributed by atoms with Gasteiger partial charge in [-0.25, -0.2) is 13.2 Å². The van der Waals surface area contributed by atoms with Crippen LogP contribution in [0.5, 0.6) is 0 Å². The zero-order valence-corrected chi connectivity index (χ0v) is 12.7. The van der Waals surface area contributed by atoms with E-state index in [1.165, 1.54) is 25.2 Å². The van der Waals surface area contributed by atoms with Gasteiger partial charge in [-0.3, -0.25) is 0 Å². The van der Waals surface area contributed by atoms with Crippen LogP contribution in [0.3, 0.4) is 0 Å². The SMILES string of the molecule is CNC(c1cc(Cl)c(Br)cc1F)c1c(F)cccc1F. The molecular weight excluding hydrogens is 355 g/mol. The molecule has 0 heterocycles. The van der Waals surface area contributed by atoms with Gasteiger partial charge >= 0.3 is 0 Å². The third-order valence-corrected chi connectivity index (χ3v) is 4.12. The van der Waals surface area contributed by atoms with Crippen molar-refractivity contribution >= 4 is 27.5 Å². The summed E-state index contributed by atoms with van der Waals surface area (Å²) in [6.07, 6.45) is 0. The van der Waals surface area contributed by atoms with E-state index in [-0.39, 0.29) is 16.1 Å². The zero-order chi connectivity index (χ0) is 14.9. The lowest BCUT2D eigenvalue weighted by atomic mass is 9.97. The fraction of sp³-hybridized carbons (Fsp3) is 0.143. The molecule has 1 nitrogen and oxygen atoms in total. The minimum absolute atomic E-state index is 0.0738. The molecule has 1 unspecified atom stereocenters. The molecule has 0 fully saturated rings. The van der Waals surface area contributed by atoms with Crippen molar-refractivity contribution in [1.82, 2.24) is 5.32 Å². The highest BCUT2D eigenvalue weighted by Gasteiger charge is 2.24. The molecule has 0 saturated heterocycles. The second kappa shape index (κ2) is 6.16. The molecular formula is C14H10BrClF3N. The lowest BCUT2D eigenvalue weighted by Crippen LogP contribution is -2.21. The number of rotatable bonds is 3. The summed E-state index contributed by atoms with van der Waals surface area (Å²) in [6, 6.07) is 5.05. The van der Waals surface area contributed by atoms with Gasteiger partial charge in [-0.2, -0.15) is 0 Å². The lowest BCUT2D eigenvalue weighted by molar-refractivity contribution is 0.507. The van der Waals surface area contributed by atoms with Crippen LogP contribution in [-0.2, 0) is 0 Å². The van der Waals surface area contributed by atoms with Gasteiger partial charge in [-0.1, -0.05) is 17.7 Å². The summed E-state index contributed by atoms with van der Waals surface area (Å²) in [7, 11) is 1.49. The fourth-order valence-corrected chi connectivity index (χ4v) is 2.49. The quantitative estimate of drug-likeness (QED) is 0.769. The highest BCUT2D eigenvalue weighted by molar-refractivity contribution is 9.10. The summed E-state index contributed by atoms with van der Waals surface area (Å²) in [5.41, 5.74) is -0.169. The van der Waals surface area contributed by atoms with Gasteiger partial charge < -0.3 is 5.32 Å². The van der Waals surface area contributed by atoms with E-state index < -0.39 is 23.5 Å². The molecule has 2 rings (SSSR count). The third kappa shape index (κ3) is 2.85. The normalized spacial score (nSPS) is 12.5. The fourth-order valence-electron chi connectivity index (χ4n) is 2.00. The monoisotopic (exact) mass is 363 g/mol. The van der Waals surface area contributed by atoms with Crippen molar-refractivity contribution in [2.45, 2.75) is 6.04 Å². The Morgan fingerprint density at radius 3 is 2.25 bits per heavy atom. The van der Waals surface area contributed by atoms with E-state index in [1.54, 1.807) is 0 Å². The van der Waals surface area contributed by atoms with E-state index in [9.17, 15) is 13.2 Å². The summed E-state index contributed by atoms with van der Waals surface area (Å²) in [5.74, 6) is -2.10. The van der Waals surface area contributed by atoms with Crippen LogP contribution in [0.2, 0.25) is 5.02 Å². The molecule has 0 aromatic heterocycles. The predicted octanol–water partition coefficient (Wildman–Crippen LogP) is 4.83. The molecule has 0 aliphatic carbocycles. The van der Waals surface area contributed by atoms with Crippen LogP contribution in [0, 0.1) is 17.5 Å². The maximum absolute atomic E-state index is 14.0. The smallest absolute Gasteiger partial charge is 0.131 e. The van der Waals surface area contributed by atoms with Crippen molar-refractivity contribution in [2.75, 3.05) is 7.05 Å². The molecule has 2 aromatic rings.